The Kier molecular flexibility index (Phi) is 4.27. The Morgan fingerprint density at radius 3 is 2.92 bits per heavy atom. The van der Waals surface area contributed by atoms with Gasteiger partial charge in [-0.25, -0.2) is 0 Å². The number of aliphatic hydroxyl groups is 1. The maximum atomic E-state index is 13.1. The number of allylic oxidation sites excluding steroid dienone is 1. The number of hydrogen-bond donors (Lipinski definition) is 2. The van der Waals surface area contributed by atoms with Gasteiger partial charge in [0.2, 0.25) is 5.78 Å². The van der Waals surface area contributed by atoms with Crippen LogP contribution in [-0.4, -0.2) is 59.1 Å². The quantitative estimate of drug-likeness (QED) is 0.551. The molecule has 2 heterocycles. The zero-order chi connectivity index (χ0) is 17.6. The fourth-order valence-electron chi connectivity index (χ4n) is 4.14. The van der Waals surface area contributed by atoms with Crippen LogP contribution in [0.4, 0.5) is 0 Å². The standard InChI is InChI=1S/C18H24N2O5/c1-2-3-10-24-17-13-15(25-19-17)14(20-8-5-9-20)11-6-4-7-12(21)18(11,23)16(13)22/h4,7,11,14,17,19,23H,2-3,5-6,8-10H2,1H3/t11?,14-,17?,18-/m0/s1. The predicted octanol–water partition coefficient (Wildman–Crippen LogP) is 0.451. The lowest BCUT2D eigenvalue weighted by molar-refractivity contribution is -0.159. The monoisotopic (exact) mass is 348 g/mol. The van der Waals surface area contributed by atoms with E-state index >= 15 is 0 Å². The molecule has 2 unspecified atom stereocenters. The Morgan fingerprint density at radius 1 is 1.44 bits per heavy atom. The Balaban J connectivity index is 1.73. The van der Waals surface area contributed by atoms with Crippen LogP contribution >= 0.6 is 0 Å². The molecule has 0 amide bonds. The lowest BCUT2D eigenvalue weighted by atomic mass is 9.64. The Labute approximate surface area is 146 Å². The Bertz CT molecular complexity index is 654. The number of unbranched alkanes of at least 4 members (excludes halogenated alkanes) is 1. The number of likely N-dealkylation sites (tertiary alicyclic amines) is 1. The van der Waals surface area contributed by atoms with Crippen LogP contribution in [0.1, 0.15) is 32.6 Å². The number of hydroxylamine groups is 1. The smallest absolute Gasteiger partial charge is 0.206 e. The van der Waals surface area contributed by atoms with E-state index in [4.69, 9.17) is 9.57 Å². The molecule has 2 aliphatic carbocycles. The van der Waals surface area contributed by atoms with Crippen molar-refractivity contribution in [2.75, 3.05) is 19.7 Å². The summed E-state index contributed by atoms with van der Waals surface area (Å²) in [5, 5.41) is 11.2. The van der Waals surface area contributed by atoms with Crippen LogP contribution in [0.5, 0.6) is 0 Å². The molecule has 0 aromatic carbocycles. The number of hydrogen-bond acceptors (Lipinski definition) is 7. The van der Waals surface area contributed by atoms with Crippen molar-refractivity contribution in [2.24, 2.45) is 5.92 Å². The average molecular weight is 348 g/mol. The van der Waals surface area contributed by atoms with Crippen molar-refractivity contribution in [3.05, 3.63) is 23.5 Å². The zero-order valence-corrected chi connectivity index (χ0v) is 14.4. The minimum Gasteiger partial charge on any atom is -0.408 e. The second-order valence-corrected chi connectivity index (χ2v) is 7.14. The summed E-state index contributed by atoms with van der Waals surface area (Å²) in [7, 11) is 0. The molecule has 25 heavy (non-hydrogen) atoms. The molecule has 7 nitrogen and oxygen atoms in total. The van der Waals surface area contributed by atoms with Gasteiger partial charge in [-0.2, -0.15) is 0 Å². The second kappa shape index (κ2) is 6.32. The predicted molar refractivity (Wildman–Crippen MR) is 88.1 cm³/mol. The third kappa shape index (κ3) is 2.41. The molecule has 1 fully saturated rings. The van der Waals surface area contributed by atoms with E-state index in [9.17, 15) is 14.7 Å². The van der Waals surface area contributed by atoms with Crippen LogP contribution in [0.3, 0.4) is 0 Å². The molecule has 7 heteroatoms. The maximum absolute atomic E-state index is 13.1. The SMILES string of the molecule is CCCCOC1NOC2=C1C(=O)[C@@]1(O)C(=O)C=CCC1[C@@H]2N1CCC1. The molecule has 0 aromatic rings. The molecule has 4 rings (SSSR count). The maximum Gasteiger partial charge on any atom is 0.206 e. The van der Waals surface area contributed by atoms with Crippen LogP contribution in [0.25, 0.3) is 0 Å². The first kappa shape index (κ1) is 16.9. The minimum atomic E-state index is -2.02. The molecule has 2 aliphatic heterocycles. The Hall–Kier alpha value is -1.54. The van der Waals surface area contributed by atoms with E-state index in [1.165, 1.54) is 6.08 Å². The first-order chi connectivity index (χ1) is 12.1. The summed E-state index contributed by atoms with van der Waals surface area (Å²) >= 11 is 0. The molecule has 0 spiro atoms. The van der Waals surface area contributed by atoms with Crippen LogP contribution in [0, 0.1) is 5.92 Å². The number of carbonyl (C=O) groups is 2. The minimum absolute atomic E-state index is 0.274. The van der Waals surface area contributed by atoms with Crippen molar-refractivity contribution in [1.82, 2.24) is 10.4 Å². The van der Waals surface area contributed by atoms with Gasteiger partial charge < -0.3 is 14.7 Å². The normalized spacial score (nSPS) is 37.6. The van der Waals surface area contributed by atoms with Crippen LogP contribution < -0.4 is 5.48 Å². The number of nitrogens with zero attached hydrogens (tertiary/aromatic N) is 1. The highest BCUT2D eigenvalue weighted by Crippen LogP contribution is 2.46. The topological polar surface area (TPSA) is 88.1 Å². The second-order valence-electron chi connectivity index (χ2n) is 7.14. The molecular weight excluding hydrogens is 324 g/mol. The molecule has 0 aromatic heterocycles. The summed E-state index contributed by atoms with van der Waals surface area (Å²) in [5.74, 6) is -1.12. The largest absolute Gasteiger partial charge is 0.408 e. The number of ketones is 2. The fourth-order valence-corrected chi connectivity index (χ4v) is 4.14. The number of rotatable bonds is 5. The van der Waals surface area contributed by atoms with Gasteiger partial charge in [-0.15, -0.1) is 5.48 Å². The molecule has 4 aliphatic rings. The van der Waals surface area contributed by atoms with E-state index in [1.54, 1.807) is 6.08 Å². The number of carbonyl (C=O) groups excluding carboxylic acids is 2. The van der Waals surface area contributed by atoms with E-state index in [2.05, 4.69) is 17.3 Å². The van der Waals surface area contributed by atoms with E-state index in [1.807, 2.05) is 0 Å². The molecule has 4 atom stereocenters. The van der Waals surface area contributed by atoms with Gasteiger partial charge >= 0.3 is 0 Å². The van der Waals surface area contributed by atoms with Gasteiger partial charge in [0.05, 0.1) is 11.6 Å². The van der Waals surface area contributed by atoms with Crippen LogP contribution in [0.2, 0.25) is 0 Å². The van der Waals surface area contributed by atoms with Crippen LogP contribution in [-0.2, 0) is 19.2 Å². The van der Waals surface area contributed by atoms with Crippen molar-refractivity contribution < 1.29 is 24.3 Å². The van der Waals surface area contributed by atoms with Crippen molar-refractivity contribution in [2.45, 2.75) is 50.5 Å². The average Bonchev–Trinajstić information content (AvgIpc) is 2.96. The van der Waals surface area contributed by atoms with Gasteiger partial charge in [-0.3, -0.25) is 14.5 Å². The van der Waals surface area contributed by atoms with Crippen LogP contribution in [0.15, 0.2) is 23.5 Å². The summed E-state index contributed by atoms with van der Waals surface area (Å²) in [6.45, 7) is 4.26. The highest BCUT2D eigenvalue weighted by atomic mass is 16.7. The Morgan fingerprint density at radius 2 is 2.24 bits per heavy atom. The number of ether oxygens (including phenoxy) is 1. The highest BCUT2D eigenvalue weighted by molar-refractivity contribution is 6.22. The molecule has 0 radical (unpaired) electrons. The lowest BCUT2D eigenvalue weighted by Gasteiger charge is -2.49. The third-order valence-corrected chi connectivity index (χ3v) is 5.68. The lowest BCUT2D eigenvalue weighted by Crippen LogP contribution is -2.65. The van der Waals surface area contributed by atoms with Gasteiger partial charge in [-0.1, -0.05) is 19.4 Å². The molecule has 2 N–H and O–H groups in total. The van der Waals surface area contributed by atoms with Crippen molar-refractivity contribution in [3.63, 3.8) is 0 Å². The van der Waals surface area contributed by atoms with E-state index in [-0.39, 0.29) is 11.6 Å². The fraction of sp³-hybridized carbons (Fsp3) is 0.667. The molecule has 0 bridgehead atoms. The number of fused-ring (bicyclic) bond motifs is 1. The molecular formula is C18H24N2O5. The molecule has 0 saturated carbocycles. The summed E-state index contributed by atoms with van der Waals surface area (Å²) in [5.41, 5.74) is 1.03. The van der Waals surface area contributed by atoms with E-state index in [0.29, 0.717) is 18.8 Å². The van der Waals surface area contributed by atoms with Gasteiger partial charge in [0, 0.05) is 25.6 Å². The van der Waals surface area contributed by atoms with Gasteiger partial charge in [0.25, 0.3) is 0 Å². The first-order valence-corrected chi connectivity index (χ1v) is 9.09. The third-order valence-electron chi connectivity index (χ3n) is 5.68. The van der Waals surface area contributed by atoms with Crippen molar-refractivity contribution >= 4 is 11.6 Å². The van der Waals surface area contributed by atoms with E-state index < -0.39 is 29.3 Å². The van der Waals surface area contributed by atoms with Crippen molar-refractivity contribution in [1.29, 1.82) is 0 Å². The van der Waals surface area contributed by atoms with Crippen molar-refractivity contribution in [3.8, 4) is 0 Å². The highest BCUT2D eigenvalue weighted by Gasteiger charge is 2.63. The molecule has 1 saturated heterocycles. The van der Waals surface area contributed by atoms with Gasteiger partial charge in [-0.05, 0) is 25.3 Å². The number of nitrogens with one attached hydrogen (secondary N) is 1. The van der Waals surface area contributed by atoms with Gasteiger partial charge in [0.1, 0.15) is 0 Å². The van der Waals surface area contributed by atoms with Gasteiger partial charge in [0.15, 0.2) is 23.4 Å². The summed E-state index contributed by atoms with van der Waals surface area (Å²) in [4.78, 5) is 33.4. The number of Topliss-reactive ketones (excluding diaryl/α,β-unsaturated/α-hetero) is 1. The van der Waals surface area contributed by atoms with E-state index in [0.717, 1.165) is 32.4 Å². The summed E-state index contributed by atoms with van der Waals surface area (Å²) in [6.07, 6.45) is 5.69. The molecule has 136 valence electrons. The first-order valence-electron chi connectivity index (χ1n) is 9.09. The summed E-state index contributed by atoms with van der Waals surface area (Å²) in [6, 6.07) is -0.285. The summed E-state index contributed by atoms with van der Waals surface area (Å²) < 4.78 is 5.75. The zero-order valence-electron chi connectivity index (χ0n) is 14.4.